The molecule has 1 aromatic rings. The molecule has 1 atom stereocenters. The van der Waals surface area contributed by atoms with Gasteiger partial charge in [-0.2, -0.15) is 0 Å². The Morgan fingerprint density at radius 1 is 1.42 bits per heavy atom. The Bertz CT molecular complexity index is 277. The summed E-state index contributed by atoms with van der Waals surface area (Å²) in [5.41, 5.74) is 1.22. The average molecular weight is 185 g/mol. The lowest BCUT2D eigenvalue weighted by atomic mass is 10.1. The highest BCUT2D eigenvalue weighted by Gasteiger charge is 2.03. The normalized spacial score (nSPS) is 12.5. The largest absolute Gasteiger partial charge is 0.478 e. The third-order valence-electron chi connectivity index (χ3n) is 1.62. The van der Waals surface area contributed by atoms with Crippen molar-refractivity contribution in [3.05, 3.63) is 35.4 Å². The second-order valence-corrected chi connectivity index (χ2v) is 3.20. The van der Waals surface area contributed by atoms with Crippen molar-refractivity contribution in [3.63, 3.8) is 0 Å². The molecule has 0 aliphatic heterocycles. The number of rotatable bonds is 2. The van der Waals surface area contributed by atoms with E-state index in [-0.39, 0.29) is 10.9 Å². The Morgan fingerprint density at radius 3 is 2.25 bits per heavy atom. The minimum absolute atomic E-state index is 0.0761. The summed E-state index contributed by atoms with van der Waals surface area (Å²) in [6.45, 7) is 1.84. The van der Waals surface area contributed by atoms with Crippen LogP contribution in [0, 0.1) is 0 Å². The van der Waals surface area contributed by atoms with Gasteiger partial charge in [-0.25, -0.2) is 4.79 Å². The molecule has 0 aromatic heterocycles. The van der Waals surface area contributed by atoms with Crippen LogP contribution in [0.2, 0.25) is 0 Å². The van der Waals surface area contributed by atoms with Crippen LogP contribution in [-0.2, 0) is 0 Å². The first-order valence-electron chi connectivity index (χ1n) is 3.58. The van der Waals surface area contributed by atoms with Crippen LogP contribution in [0.25, 0.3) is 0 Å². The zero-order valence-corrected chi connectivity index (χ0v) is 7.38. The molecule has 0 saturated carbocycles. The third-order valence-corrected chi connectivity index (χ3v) is 1.87. The number of carboxylic acids is 1. The highest BCUT2D eigenvalue weighted by atomic mass is 35.5. The molecule has 0 aliphatic rings. The second kappa shape index (κ2) is 3.59. The number of aromatic carboxylic acids is 1. The van der Waals surface area contributed by atoms with Crippen molar-refractivity contribution in [1.82, 2.24) is 0 Å². The fourth-order valence-electron chi connectivity index (χ4n) is 0.891. The van der Waals surface area contributed by atoms with Gasteiger partial charge >= 0.3 is 5.97 Å². The fraction of sp³-hybridized carbons (Fsp3) is 0.222. The molecule has 0 bridgehead atoms. The van der Waals surface area contributed by atoms with E-state index in [2.05, 4.69) is 0 Å². The number of alkyl halides is 1. The molecule has 3 heteroatoms. The summed E-state index contributed by atoms with van der Waals surface area (Å²) in [5, 5.41) is 8.51. The number of hydrogen-bond acceptors (Lipinski definition) is 1. The predicted molar refractivity (Wildman–Crippen MR) is 47.7 cm³/mol. The van der Waals surface area contributed by atoms with E-state index in [1.807, 2.05) is 6.92 Å². The summed E-state index contributed by atoms with van der Waals surface area (Å²) < 4.78 is 0. The molecule has 0 amide bonds. The van der Waals surface area contributed by atoms with Gasteiger partial charge < -0.3 is 5.11 Å². The maximum absolute atomic E-state index is 10.4. The van der Waals surface area contributed by atoms with Crippen LogP contribution in [0.4, 0.5) is 0 Å². The molecule has 0 heterocycles. The van der Waals surface area contributed by atoms with Gasteiger partial charge in [0.25, 0.3) is 0 Å². The van der Waals surface area contributed by atoms with Crippen molar-refractivity contribution < 1.29 is 9.90 Å². The molecular weight excluding hydrogens is 176 g/mol. The third kappa shape index (κ3) is 1.98. The number of hydrogen-bond donors (Lipinski definition) is 1. The van der Waals surface area contributed by atoms with E-state index in [4.69, 9.17) is 16.7 Å². The summed E-state index contributed by atoms with van der Waals surface area (Å²) in [7, 11) is 0. The summed E-state index contributed by atoms with van der Waals surface area (Å²) in [6, 6.07) is 6.55. The lowest BCUT2D eigenvalue weighted by Gasteiger charge is -2.02. The maximum Gasteiger partial charge on any atom is 0.335 e. The fourth-order valence-corrected chi connectivity index (χ4v) is 1.04. The number of halogens is 1. The van der Waals surface area contributed by atoms with Crippen molar-refractivity contribution >= 4 is 17.6 Å². The smallest absolute Gasteiger partial charge is 0.335 e. The molecule has 0 unspecified atom stereocenters. The highest BCUT2D eigenvalue weighted by Crippen LogP contribution is 2.19. The van der Waals surface area contributed by atoms with E-state index >= 15 is 0 Å². The van der Waals surface area contributed by atoms with Crippen molar-refractivity contribution in [2.24, 2.45) is 0 Å². The molecule has 12 heavy (non-hydrogen) atoms. The first-order valence-corrected chi connectivity index (χ1v) is 4.02. The molecule has 0 spiro atoms. The molecule has 1 aromatic carbocycles. The van der Waals surface area contributed by atoms with Gasteiger partial charge in [-0.1, -0.05) is 12.1 Å². The van der Waals surface area contributed by atoms with Gasteiger partial charge in [-0.15, -0.1) is 11.6 Å². The van der Waals surface area contributed by atoms with Gasteiger partial charge in [-0.3, -0.25) is 0 Å². The SMILES string of the molecule is C[C@@H](Cl)c1ccc(C(=O)O)cc1. The number of benzene rings is 1. The Hall–Kier alpha value is -1.02. The van der Waals surface area contributed by atoms with Gasteiger partial charge in [0.05, 0.1) is 10.9 Å². The van der Waals surface area contributed by atoms with E-state index in [9.17, 15) is 4.79 Å². The Labute approximate surface area is 75.8 Å². The topological polar surface area (TPSA) is 37.3 Å². The minimum atomic E-state index is -0.913. The summed E-state index contributed by atoms with van der Waals surface area (Å²) in [4.78, 5) is 10.4. The average Bonchev–Trinajstić information content (AvgIpc) is 2.04. The van der Waals surface area contributed by atoms with Gasteiger partial charge in [0, 0.05) is 0 Å². The lowest BCUT2D eigenvalue weighted by molar-refractivity contribution is 0.0697. The second-order valence-electron chi connectivity index (χ2n) is 2.54. The number of carbonyl (C=O) groups is 1. The molecule has 0 radical (unpaired) electrons. The van der Waals surface area contributed by atoms with E-state index in [0.717, 1.165) is 5.56 Å². The van der Waals surface area contributed by atoms with Crippen LogP contribution in [0.3, 0.4) is 0 Å². The zero-order chi connectivity index (χ0) is 9.14. The summed E-state index contributed by atoms with van der Waals surface area (Å²) in [5.74, 6) is -0.913. The quantitative estimate of drug-likeness (QED) is 0.718. The minimum Gasteiger partial charge on any atom is -0.478 e. The maximum atomic E-state index is 10.4. The van der Waals surface area contributed by atoms with Crippen LogP contribution >= 0.6 is 11.6 Å². The molecule has 2 nitrogen and oxygen atoms in total. The van der Waals surface area contributed by atoms with Crippen molar-refractivity contribution in [1.29, 1.82) is 0 Å². The molecule has 64 valence electrons. The first-order chi connectivity index (χ1) is 5.61. The molecule has 0 saturated heterocycles. The number of carboxylic acid groups (broad SMARTS) is 1. The van der Waals surface area contributed by atoms with E-state index in [0.29, 0.717) is 0 Å². The Morgan fingerprint density at radius 2 is 1.92 bits per heavy atom. The van der Waals surface area contributed by atoms with Crippen molar-refractivity contribution in [2.75, 3.05) is 0 Å². The van der Waals surface area contributed by atoms with Crippen LogP contribution < -0.4 is 0 Å². The van der Waals surface area contributed by atoms with Crippen LogP contribution in [0.1, 0.15) is 28.2 Å². The molecule has 0 aliphatic carbocycles. The summed E-state index contributed by atoms with van der Waals surface area (Å²) >= 11 is 5.79. The Balaban J connectivity index is 2.93. The van der Waals surface area contributed by atoms with E-state index in [1.54, 1.807) is 24.3 Å². The first kappa shape index (κ1) is 9.07. The van der Waals surface area contributed by atoms with E-state index in [1.165, 1.54) is 0 Å². The summed E-state index contributed by atoms with van der Waals surface area (Å²) in [6.07, 6.45) is 0. The molecule has 1 rings (SSSR count). The van der Waals surface area contributed by atoms with Crippen LogP contribution in [-0.4, -0.2) is 11.1 Å². The van der Waals surface area contributed by atoms with E-state index < -0.39 is 5.97 Å². The van der Waals surface area contributed by atoms with Crippen molar-refractivity contribution in [2.45, 2.75) is 12.3 Å². The highest BCUT2D eigenvalue weighted by molar-refractivity contribution is 6.20. The lowest BCUT2D eigenvalue weighted by Crippen LogP contribution is -1.95. The van der Waals surface area contributed by atoms with Gasteiger partial charge in [-0.05, 0) is 24.6 Å². The predicted octanol–water partition coefficient (Wildman–Crippen LogP) is 2.68. The van der Waals surface area contributed by atoms with Gasteiger partial charge in [0.15, 0.2) is 0 Å². The monoisotopic (exact) mass is 184 g/mol. The zero-order valence-electron chi connectivity index (χ0n) is 6.62. The molecule has 0 fully saturated rings. The molecular formula is C9H9ClO2. The Kier molecular flexibility index (Phi) is 2.71. The van der Waals surface area contributed by atoms with Crippen molar-refractivity contribution in [3.8, 4) is 0 Å². The molecule has 1 N–H and O–H groups in total. The van der Waals surface area contributed by atoms with Crippen LogP contribution in [0.5, 0.6) is 0 Å². The van der Waals surface area contributed by atoms with Gasteiger partial charge in [0.1, 0.15) is 0 Å². The van der Waals surface area contributed by atoms with Gasteiger partial charge in [0.2, 0.25) is 0 Å². The van der Waals surface area contributed by atoms with Crippen LogP contribution in [0.15, 0.2) is 24.3 Å². The standard InChI is InChI=1S/C9H9ClO2/c1-6(10)7-2-4-8(5-3-7)9(11)12/h2-6H,1H3,(H,11,12)/t6-/m1/s1.